The van der Waals surface area contributed by atoms with Gasteiger partial charge in [0.1, 0.15) is 0 Å². The molecule has 0 aliphatic carbocycles. The lowest BCUT2D eigenvalue weighted by molar-refractivity contribution is 0.0904. The third kappa shape index (κ3) is 3.82. The van der Waals surface area contributed by atoms with Crippen molar-refractivity contribution in [2.75, 3.05) is 31.1 Å². The Morgan fingerprint density at radius 1 is 1.20 bits per heavy atom. The zero-order valence-electron chi connectivity index (χ0n) is 14.8. The molecule has 7 heteroatoms. The lowest BCUT2D eigenvalue weighted by atomic mass is 9.97. The Morgan fingerprint density at radius 3 is 2.72 bits per heavy atom. The van der Waals surface area contributed by atoms with Gasteiger partial charge >= 0.3 is 0 Å². The van der Waals surface area contributed by atoms with E-state index in [2.05, 4.69) is 25.3 Å². The van der Waals surface area contributed by atoms with E-state index < -0.39 is 0 Å². The van der Waals surface area contributed by atoms with Crippen LogP contribution in [0.5, 0.6) is 0 Å². The largest absolute Gasteiger partial charge is 0.373 e. The van der Waals surface area contributed by atoms with Crippen LogP contribution in [0.3, 0.4) is 0 Å². The Hall–Kier alpha value is -1.99. The van der Waals surface area contributed by atoms with Gasteiger partial charge in [-0.1, -0.05) is 0 Å². The van der Waals surface area contributed by atoms with Gasteiger partial charge in [-0.15, -0.1) is 0 Å². The first-order valence-electron chi connectivity index (χ1n) is 9.16. The van der Waals surface area contributed by atoms with Crippen molar-refractivity contribution in [2.45, 2.75) is 31.9 Å². The van der Waals surface area contributed by atoms with Crippen molar-refractivity contribution in [2.24, 2.45) is 13.0 Å². The summed E-state index contributed by atoms with van der Waals surface area (Å²) in [5.74, 6) is 1.34. The number of anilines is 1. The van der Waals surface area contributed by atoms with Gasteiger partial charge in [0.05, 0.1) is 12.3 Å². The predicted octanol–water partition coefficient (Wildman–Crippen LogP) is 1.68. The fraction of sp³-hybridized carbons (Fsp3) is 0.611. The van der Waals surface area contributed by atoms with Gasteiger partial charge in [-0.25, -0.2) is 9.97 Å². The van der Waals surface area contributed by atoms with Crippen molar-refractivity contribution in [3.8, 4) is 0 Å². The zero-order valence-corrected chi connectivity index (χ0v) is 14.8. The van der Waals surface area contributed by atoms with E-state index in [0.29, 0.717) is 5.92 Å². The summed E-state index contributed by atoms with van der Waals surface area (Å²) in [5, 5.41) is 7.80. The molecule has 0 bridgehead atoms. The number of aryl methyl sites for hydroxylation is 1. The minimum atomic E-state index is 0.148. The molecule has 2 atom stereocenters. The van der Waals surface area contributed by atoms with Crippen LogP contribution in [0.4, 0.5) is 5.95 Å². The van der Waals surface area contributed by atoms with Crippen molar-refractivity contribution in [3.05, 3.63) is 35.9 Å². The van der Waals surface area contributed by atoms with Gasteiger partial charge in [0.25, 0.3) is 0 Å². The highest BCUT2D eigenvalue weighted by Gasteiger charge is 2.30. The van der Waals surface area contributed by atoms with E-state index in [1.54, 1.807) is 0 Å². The molecular formula is C18H26N6O. The second kappa shape index (κ2) is 7.49. The first kappa shape index (κ1) is 16.5. The maximum Gasteiger partial charge on any atom is 0.225 e. The second-order valence-corrected chi connectivity index (χ2v) is 7.00. The molecule has 2 saturated heterocycles. The summed E-state index contributed by atoms with van der Waals surface area (Å²) >= 11 is 0. The summed E-state index contributed by atoms with van der Waals surface area (Å²) in [6, 6.07) is 0. The number of rotatable bonds is 6. The number of ether oxygens (including phenoxy) is 1. The van der Waals surface area contributed by atoms with E-state index in [4.69, 9.17) is 4.74 Å². The van der Waals surface area contributed by atoms with Crippen LogP contribution in [-0.2, 0) is 18.3 Å². The highest BCUT2D eigenvalue weighted by atomic mass is 16.5. The Bertz CT molecular complexity index is 679. The molecule has 4 heterocycles. The van der Waals surface area contributed by atoms with E-state index >= 15 is 0 Å². The van der Waals surface area contributed by atoms with Crippen molar-refractivity contribution in [3.63, 3.8) is 0 Å². The standard InChI is InChI=1S/C18H26N6O/c1-23-13-16(12-22-23)17-15(4-7-25-17)11-19-8-14-9-20-18(21-10-14)24-5-2-3-6-24/h9-10,12-13,15,17,19H,2-8,11H2,1H3/t15-,17-/m0/s1. The maximum atomic E-state index is 5.92. The molecule has 0 saturated carbocycles. The normalized spacial score (nSPS) is 23.5. The smallest absolute Gasteiger partial charge is 0.225 e. The molecule has 2 aromatic heterocycles. The third-order valence-corrected chi connectivity index (χ3v) is 5.08. The second-order valence-electron chi connectivity index (χ2n) is 7.00. The summed E-state index contributed by atoms with van der Waals surface area (Å²) in [4.78, 5) is 11.3. The molecule has 0 aromatic carbocycles. The summed E-state index contributed by atoms with van der Waals surface area (Å²) in [6.45, 7) is 4.69. The van der Waals surface area contributed by atoms with Crippen LogP contribution in [0.15, 0.2) is 24.8 Å². The average molecular weight is 342 g/mol. The van der Waals surface area contributed by atoms with Gasteiger partial charge in [-0.3, -0.25) is 4.68 Å². The van der Waals surface area contributed by atoms with Crippen LogP contribution in [0.2, 0.25) is 0 Å². The number of hydrogen-bond acceptors (Lipinski definition) is 6. The molecule has 25 heavy (non-hydrogen) atoms. The lowest BCUT2D eigenvalue weighted by Gasteiger charge is -2.18. The minimum Gasteiger partial charge on any atom is -0.373 e. The summed E-state index contributed by atoms with van der Waals surface area (Å²) in [5.41, 5.74) is 2.30. The monoisotopic (exact) mass is 342 g/mol. The summed E-state index contributed by atoms with van der Waals surface area (Å²) in [6.07, 6.45) is 11.6. The highest BCUT2D eigenvalue weighted by Crippen LogP contribution is 2.33. The third-order valence-electron chi connectivity index (χ3n) is 5.08. The Morgan fingerprint density at radius 2 is 2.00 bits per heavy atom. The van der Waals surface area contributed by atoms with Crippen LogP contribution in [0.1, 0.15) is 36.5 Å². The Balaban J connectivity index is 1.28. The Kier molecular flexibility index (Phi) is 4.94. The van der Waals surface area contributed by atoms with Crippen LogP contribution >= 0.6 is 0 Å². The summed E-state index contributed by atoms with van der Waals surface area (Å²) < 4.78 is 7.75. The molecule has 2 aliphatic rings. The number of hydrogen-bond donors (Lipinski definition) is 1. The molecular weight excluding hydrogens is 316 g/mol. The SMILES string of the molecule is Cn1cc([C@H]2OCC[C@H]2CNCc2cnc(N3CCCC3)nc2)cn1. The van der Waals surface area contributed by atoms with Crippen LogP contribution in [0.25, 0.3) is 0 Å². The highest BCUT2D eigenvalue weighted by molar-refractivity contribution is 5.30. The van der Waals surface area contributed by atoms with E-state index in [9.17, 15) is 0 Å². The van der Waals surface area contributed by atoms with Crippen molar-refractivity contribution in [1.29, 1.82) is 0 Å². The van der Waals surface area contributed by atoms with Crippen molar-refractivity contribution < 1.29 is 4.74 Å². The van der Waals surface area contributed by atoms with Gasteiger partial charge in [0, 0.05) is 75.5 Å². The number of aromatic nitrogens is 4. The average Bonchev–Trinajstić information content (AvgIpc) is 3.37. The number of nitrogens with zero attached hydrogens (tertiary/aromatic N) is 5. The zero-order chi connectivity index (χ0) is 17.1. The quantitative estimate of drug-likeness (QED) is 0.861. The first-order chi connectivity index (χ1) is 12.3. The first-order valence-corrected chi connectivity index (χ1v) is 9.16. The molecule has 0 unspecified atom stereocenters. The van der Waals surface area contributed by atoms with Gasteiger partial charge in [0.2, 0.25) is 5.95 Å². The van der Waals surface area contributed by atoms with Crippen molar-refractivity contribution in [1.82, 2.24) is 25.1 Å². The molecule has 1 N–H and O–H groups in total. The van der Waals surface area contributed by atoms with Crippen LogP contribution in [-0.4, -0.2) is 46.0 Å². The number of nitrogens with one attached hydrogen (secondary N) is 1. The minimum absolute atomic E-state index is 0.148. The fourth-order valence-corrected chi connectivity index (χ4v) is 3.72. The summed E-state index contributed by atoms with van der Waals surface area (Å²) in [7, 11) is 1.94. The maximum absolute atomic E-state index is 5.92. The molecule has 0 amide bonds. The van der Waals surface area contributed by atoms with Crippen molar-refractivity contribution >= 4 is 5.95 Å². The molecule has 134 valence electrons. The van der Waals surface area contributed by atoms with Gasteiger partial charge < -0.3 is 15.0 Å². The van der Waals surface area contributed by atoms with E-state index in [0.717, 1.165) is 50.7 Å². The van der Waals surface area contributed by atoms with E-state index in [1.807, 2.05) is 36.5 Å². The molecule has 0 radical (unpaired) electrons. The molecule has 2 aromatic rings. The molecule has 0 spiro atoms. The van der Waals surface area contributed by atoms with Gasteiger partial charge in [-0.2, -0.15) is 5.10 Å². The predicted molar refractivity (Wildman–Crippen MR) is 95.2 cm³/mol. The fourth-order valence-electron chi connectivity index (χ4n) is 3.72. The molecule has 7 nitrogen and oxygen atoms in total. The van der Waals surface area contributed by atoms with Gasteiger partial charge in [0.15, 0.2) is 0 Å². The van der Waals surface area contributed by atoms with Gasteiger partial charge in [-0.05, 0) is 19.3 Å². The molecule has 2 aliphatic heterocycles. The van der Waals surface area contributed by atoms with E-state index in [-0.39, 0.29) is 6.10 Å². The van der Waals surface area contributed by atoms with Crippen LogP contribution in [0, 0.1) is 5.92 Å². The molecule has 4 rings (SSSR count). The Labute approximate surface area is 148 Å². The molecule has 2 fully saturated rings. The van der Waals surface area contributed by atoms with Crippen LogP contribution < -0.4 is 10.2 Å². The topological polar surface area (TPSA) is 68.1 Å². The lowest BCUT2D eigenvalue weighted by Crippen LogP contribution is -2.25. The van der Waals surface area contributed by atoms with E-state index in [1.165, 1.54) is 18.4 Å².